The SMILES string of the molecule is CO[Si](CCOC(N)=O)(OC)OC. The Hall–Kier alpha value is -0.633. The lowest BCUT2D eigenvalue weighted by molar-refractivity contribution is 0.110. The molecule has 0 aliphatic rings. The van der Waals surface area contributed by atoms with Crippen LogP contribution in [-0.4, -0.2) is 42.8 Å². The van der Waals surface area contributed by atoms with Crippen LogP contribution < -0.4 is 5.73 Å². The van der Waals surface area contributed by atoms with Gasteiger partial charge in [0.1, 0.15) is 0 Å². The molecule has 78 valence electrons. The molecular weight excluding hydrogens is 194 g/mol. The first kappa shape index (κ1) is 12.4. The Morgan fingerprint density at radius 3 is 2.00 bits per heavy atom. The first-order valence-electron chi connectivity index (χ1n) is 3.68. The standard InChI is InChI=1S/C6H15NO5Si/c1-9-13(10-2,11-3)5-4-12-6(7)8/h4-5H2,1-3H3,(H2,7,8). The molecule has 6 nitrogen and oxygen atoms in total. The molecule has 2 N–H and O–H groups in total. The number of primary amides is 1. The third-order valence-corrected chi connectivity index (χ3v) is 4.27. The van der Waals surface area contributed by atoms with Crippen molar-refractivity contribution in [2.45, 2.75) is 6.04 Å². The summed E-state index contributed by atoms with van der Waals surface area (Å²) in [6.45, 7) is 0.136. The Morgan fingerprint density at radius 1 is 1.23 bits per heavy atom. The molecule has 0 spiro atoms. The smallest absolute Gasteiger partial charge is 0.450 e. The van der Waals surface area contributed by atoms with Gasteiger partial charge in [0.15, 0.2) is 0 Å². The van der Waals surface area contributed by atoms with Crippen LogP contribution in [0.15, 0.2) is 0 Å². The molecule has 0 fully saturated rings. The summed E-state index contributed by atoms with van der Waals surface area (Å²) in [6, 6.07) is 0.388. The molecule has 13 heavy (non-hydrogen) atoms. The van der Waals surface area contributed by atoms with E-state index in [2.05, 4.69) is 4.74 Å². The second kappa shape index (κ2) is 5.92. The molecule has 0 aromatic carbocycles. The molecule has 0 saturated heterocycles. The minimum atomic E-state index is -2.62. The van der Waals surface area contributed by atoms with Gasteiger partial charge in [-0.2, -0.15) is 0 Å². The van der Waals surface area contributed by atoms with E-state index in [-0.39, 0.29) is 6.61 Å². The van der Waals surface area contributed by atoms with E-state index in [9.17, 15) is 4.79 Å². The number of amides is 1. The predicted octanol–water partition coefficient (Wildman–Crippen LogP) is -0.0402. The second-order valence-corrected chi connectivity index (χ2v) is 5.30. The van der Waals surface area contributed by atoms with E-state index in [1.807, 2.05) is 0 Å². The first-order valence-corrected chi connectivity index (χ1v) is 5.61. The van der Waals surface area contributed by atoms with Gasteiger partial charge >= 0.3 is 14.9 Å². The van der Waals surface area contributed by atoms with Crippen LogP contribution in [0, 0.1) is 0 Å². The molecule has 0 bridgehead atoms. The average molecular weight is 209 g/mol. The van der Waals surface area contributed by atoms with Crippen LogP contribution in [0.5, 0.6) is 0 Å². The average Bonchev–Trinajstić information content (AvgIpc) is 2.13. The highest BCUT2D eigenvalue weighted by molar-refractivity contribution is 6.60. The highest BCUT2D eigenvalue weighted by Crippen LogP contribution is 2.11. The third-order valence-electron chi connectivity index (χ3n) is 1.59. The van der Waals surface area contributed by atoms with Gasteiger partial charge in [-0.25, -0.2) is 4.79 Å². The van der Waals surface area contributed by atoms with E-state index < -0.39 is 14.9 Å². The van der Waals surface area contributed by atoms with Crippen molar-refractivity contribution in [2.75, 3.05) is 27.9 Å². The molecule has 0 radical (unpaired) electrons. The number of hydrogen-bond donors (Lipinski definition) is 1. The van der Waals surface area contributed by atoms with Gasteiger partial charge in [-0.3, -0.25) is 0 Å². The summed E-state index contributed by atoms with van der Waals surface area (Å²) in [5, 5.41) is 0. The fraction of sp³-hybridized carbons (Fsp3) is 0.833. The molecule has 1 amide bonds. The van der Waals surface area contributed by atoms with Gasteiger partial charge in [-0.1, -0.05) is 0 Å². The molecule has 0 aliphatic heterocycles. The largest absolute Gasteiger partial charge is 0.503 e. The number of nitrogens with two attached hydrogens (primary N) is 1. The molecule has 0 unspecified atom stereocenters. The third kappa shape index (κ3) is 4.22. The van der Waals surface area contributed by atoms with Crippen molar-refractivity contribution in [3.63, 3.8) is 0 Å². The number of ether oxygens (including phenoxy) is 1. The summed E-state index contributed by atoms with van der Waals surface area (Å²) in [6.07, 6.45) is -0.814. The fourth-order valence-electron chi connectivity index (χ4n) is 0.833. The second-order valence-electron chi connectivity index (χ2n) is 2.21. The monoisotopic (exact) mass is 209 g/mol. The van der Waals surface area contributed by atoms with Gasteiger partial charge in [0.25, 0.3) is 0 Å². The van der Waals surface area contributed by atoms with Gasteiger partial charge in [-0.15, -0.1) is 0 Å². The van der Waals surface area contributed by atoms with Crippen LogP contribution in [0.4, 0.5) is 4.79 Å². The van der Waals surface area contributed by atoms with Gasteiger partial charge < -0.3 is 23.7 Å². The zero-order valence-electron chi connectivity index (χ0n) is 8.03. The molecule has 0 saturated carbocycles. The number of rotatable bonds is 6. The molecule has 0 rings (SSSR count). The van der Waals surface area contributed by atoms with Crippen LogP contribution in [0.25, 0.3) is 0 Å². The predicted molar refractivity (Wildman–Crippen MR) is 47.1 cm³/mol. The molecule has 0 heterocycles. The Balaban J connectivity index is 3.88. The minimum Gasteiger partial charge on any atom is -0.450 e. The van der Waals surface area contributed by atoms with E-state index in [4.69, 9.17) is 19.0 Å². The summed E-state index contributed by atoms with van der Waals surface area (Å²) in [5.41, 5.74) is 4.78. The molecule has 0 aromatic heterocycles. The molecule has 0 atom stereocenters. The van der Waals surface area contributed by atoms with Crippen LogP contribution in [0.2, 0.25) is 6.04 Å². The van der Waals surface area contributed by atoms with Gasteiger partial charge in [0.05, 0.1) is 12.7 Å². The van der Waals surface area contributed by atoms with E-state index >= 15 is 0 Å². The quantitative estimate of drug-likeness (QED) is 0.621. The number of hydrogen-bond acceptors (Lipinski definition) is 5. The summed E-state index contributed by atoms with van der Waals surface area (Å²) in [7, 11) is 1.85. The summed E-state index contributed by atoms with van der Waals surface area (Å²) < 4.78 is 19.8. The Kier molecular flexibility index (Phi) is 5.63. The summed E-state index contributed by atoms with van der Waals surface area (Å²) in [5.74, 6) is 0. The Morgan fingerprint density at radius 2 is 1.69 bits per heavy atom. The molecule has 0 aliphatic carbocycles. The van der Waals surface area contributed by atoms with Crippen LogP contribution in [0.1, 0.15) is 0 Å². The van der Waals surface area contributed by atoms with Crippen molar-refractivity contribution >= 4 is 14.9 Å². The maximum Gasteiger partial charge on any atom is 0.503 e. The summed E-state index contributed by atoms with van der Waals surface area (Å²) >= 11 is 0. The normalized spacial score (nSPS) is 11.3. The maximum absolute atomic E-state index is 10.2. The lowest BCUT2D eigenvalue weighted by Crippen LogP contribution is -2.44. The lowest BCUT2D eigenvalue weighted by Gasteiger charge is -2.23. The molecule has 0 aromatic rings. The van der Waals surface area contributed by atoms with Crippen molar-refractivity contribution in [1.82, 2.24) is 0 Å². The minimum absolute atomic E-state index is 0.136. The summed E-state index contributed by atoms with van der Waals surface area (Å²) in [4.78, 5) is 10.2. The van der Waals surface area contributed by atoms with Gasteiger partial charge in [-0.05, 0) is 0 Å². The van der Waals surface area contributed by atoms with Crippen molar-refractivity contribution in [2.24, 2.45) is 5.73 Å². The van der Waals surface area contributed by atoms with Gasteiger partial charge in [0.2, 0.25) is 0 Å². The lowest BCUT2D eigenvalue weighted by atomic mass is 10.8. The van der Waals surface area contributed by atoms with Crippen molar-refractivity contribution in [3.8, 4) is 0 Å². The van der Waals surface area contributed by atoms with Crippen LogP contribution in [-0.2, 0) is 18.0 Å². The zero-order valence-corrected chi connectivity index (χ0v) is 9.03. The molecule has 7 heteroatoms. The van der Waals surface area contributed by atoms with Crippen molar-refractivity contribution in [3.05, 3.63) is 0 Å². The first-order chi connectivity index (χ1) is 6.10. The Bertz CT molecular complexity index is 153. The van der Waals surface area contributed by atoms with Crippen LogP contribution in [0.3, 0.4) is 0 Å². The highest BCUT2D eigenvalue weighted by atomic mass is 28.4. The van der Waals surface area contributed by atoms with E-state index in [0.29, 0.717) is 6.04 Å². The van der Waals surface area contributed by atoms with Gasteiger partial charge in [0, 0.05) is 21.3 Å². The van der Waals surface area contributed by atoms with E-state index in [1.165, 1.54) is 21.3 Å². The zero-order chi connectivity index (χ0) is 10.3. The van der Waals surface area contributed by atoms with E-state index in [1.54, 1.807) is 0 Å². The maximum atomic E-state index is 10.2. The van der Waals surface area contributed by atoms with Crippen LogP contribution >= 0.6 is 0 Å². The van der Waals surface area contributed by atoms with E-state index in [0.717, 1.165) is 0 Å². The number of carbonyl (C=O) groups is 1. The Labute approximate surface area is 78.3 Å². The highest BCUT2D eigenvalue weighted by Gasteiger charge is 2.37. The number of carbonyl (C=O) groups excluding carboxylic acids is 1. The topological polar surface area (TPSA) is 80.0 Å². The molecular formula is C6H15NO5Si. The van der Waals surface area contributed by atoms with Crippen molar-refractivity contribution < 1.29 is 22.8 Å². The fourth-order valence-corrected chi connectivity index (χ4v) is 2.30. The van der Waals surface area contributed by atoms with Crippen molar-refractivity contribution in [1.29, 1.82) is 0 Å².